The van der Waals surface area contributed by atoms with E-state index in [0.29, 0.717) is 26.4 Å². The predicted octanol–water partition coefficient (Wildman–Crippen LogP) is 1.38. The van der Waals surface area contributed by atoms with Crippen LogP contribution in [0.1, 0.15) is 0 Å². The number of hydrogen-bond donors (Lipinski definition) is 0. The second kappa shape index (κ2) is 75.0. The molecule has 0 fully saturated rings. The van der Waals surface area contributed by atoms with Gasteiger partial charge in [-0.05, 0) is 0 Å². The van der Waals surface area contributed by atoms with Crippen LogP contribution in [-0.4, -0.2) is 84.4 Å². The Hall–Kier alpha value is 0.0725. The molecule has 25 heavy (non-hydrogen) atoms. The summed E-state index contributed by atoms with van der Waals surface area (Å²) in [6.07, 6.45) is 10.0. The van der Waals surface area contributed by atoms with E-state index >= 15 is 0 Å². The molecule has 0 spiro atoms. The Balaban J connectivity index is -0.0000000326. The van der Waals surface area contributed by atoms with E-state index in [1.165, 1.54) is 0 Å². The third kappa shape index (κ3) is 95.7. The van der Waals surface area contributed by atoms with Crippen LogP contribution in [0.2, 0.25) is 0 Å². The van der Waals surface area contributed by atoms with E-state index in [0.717, 1.165) is 0 Å². The summed E-state index contributed by atoms with van der Waals surface area (Å²) in [6, 6.07) is 0. The molecule has 0 aromatic heterocycles. The minimum absolute atomic E-state index is 0. The molecule has 1 aliphatic carbocycles. The topological polar surface area (TPSA) is 96.6 Å². The molecule has 0 aromatic carbocycles. The van der Waals surface area contributed by atoms with Gasteiger partial charge in [-0.2, -0.15) is 0 Å². The summed E-state index contributed by atoms with van der Waals surface area (Å²) in [5, 5.41) is 0. The Bertz CT molecular complexity index is 239. The van der Waals surface area contributed by atoms with Gasteiger partial charge in [0, 0.05) is 81.8 Å². The van der Waals surface area contributed by atoms with E-state index in [1.807, 2.05) is 30.7 Å². The maximum Gasteiger partial charge on any atom is 0.00506 e. The summed E-state index contributed by atoms with van der Waals surface area (Å²) in [7, 11) is 6.61. The summed E-state index contributed by atoms with van der Waals surface area (Å²) >= 11 is 0. The number of rotatable bonds is 6. The normalized spacial score (nSPS) is 8.08. The predicted molar refractivity (Wildman–Crippen MR) is 87.6 cm³/mol. The second-order valence-electron chi connectivity index (χ2n) is 2.93. The fourth-order valence-corrected chi connectivity index (χ4v) is 0.654. The summed E-state index contributed by atoms with van der Waals surface area (Å²) in [4.78, 5) is 0. The molecule has 0 unspecified atom stereocenters. The van der Waals surface area contributed by atoms with E-state index in [2.05, 4.69) is 38.9 Å². The van der Waals surface area contributed by atoms with Gasteiger partial charge < -0.3 is 18.9 Å². The maximum atomic E-state index is 7.50. The molecule has 0 heterocycles. The average molecular weight is 404 g/mol. The average Bonchev–Trinajstić information content (AvgIpc) is 3.24. The molecule has 0 aliphatic heterocycles. The van der Waals surface area contributed by atoms with Crippen molar-refractivity contribution in [3.05, 3.63) is 50.7 Å². The van der Waals surface area contributed by atoms with Gasteiger partial charge in [0.25, 0.3) is 0 Å². The fraction of sp³-hybridized carbons (Fsp3) is 0.500. The van der Waals surface area contributed by atoms with Crippen LogP contribution < -0.4 is 0 Å². The Morgan fingerprint density at radius 1 is 0.560 bits per heavy atom. The van der Waals surface area contributed by atoms with Gasteiger partial charge in [0.1, 0.15) is 0 Å². The summed E-state index contributed by atoms with van der Waals surface area (Å²) in [6.45, 7) is 16.3. The zero-order valence-corrected chi connectivity index (χ0v) is 18.8. The van der Waals surface area contributed by atoms with Gasteiger partial charge >= 0.3 is 33.9 Å². The summed E-state index contributed by atoms with van der Waals surface area (Å²) in [5.41, 5.74) is 0. The minimum atomic E-state index is 0. The van der Waals surface area contributed by atoms with Crippen molar-refractivity contribution in [1.29, 1.82) is 0 Å². The zero-order valence-electron chi connectivity index (χ0n) is 15.5. The molecule has 0 N–H and O–H groups in total. The van der Waals surface area contributed by atoms with Crippen LogP contribution in [0.15, 0.2) is 24.3 Å². The van der Waals surface area contributed by atoms with E-state index in [9.17, 15) is 0 Å². The first-order valence-corrected chi connectivity index (χ1v) is 6.07. The Morgan fingerprint density at radius 3 is 0.840 bits per heavy atom. The first kappa shape index (κ1) is 44.5. The van der Waals surface area contributed by atoms with Crippen molar-refractivity contribution in [1.82, 2.24) is 0 Å². The Morgan fingerprint density at radius 2 is 0.760 bits per heavy atom. The van der Waals surface area contributed by atoms with Gasteiger partial charge in [0.05, 0.1) is 26.4 Å². The fourth-order valence-electron chi connectivity index (χ4n) is 0.654. The van der Waals surface area contributed by atoms with Gasteiger partial charge in [-0.3, -0.25) is 0 Å². The molecule has 138 valence electrons. The molecule has 0 saturated heterocycles. The van der Waals surface area contributed by atoms with Crippen LogP contribution >= 0.6 is 0 Å². The van der Waals surface area contributed by atoms with Crippen molar-refractivity contribution in [3.63, 3.8) is 0 Å². The van der Waals surface area contributed by atoms with Crippen molar-refractivity contribution in [3.8, 4) is 0 Å². The van der Waals surface area contributed by atoms with Crippen LogP contribution in [0.5, 0.6) is 0 Å². The Kier molecular flexibility index (Phi) is 133. The van der Waals surface area contributed by atoms with Gasteiger partial charge in [-0.15, -0.1) is 0 Å². The van der Waals surface area contributed by atoms with Crippen molar-refractivity contribution >= 4 is 29.6 Å². The molecule has 9 heteroatoms. The second-order valence-corrected chi connectivity index (χ2v) is 2.93. The van der Waals surface area contributed by atoms with E-state index in [1.54, 1.807) is 28.4 Å². The number of hydrogen-bond acceptors (Lipinski definition) is 4. The largest absolute Gasteiger partial charge is 0.0767 e. The van der Waals surface area contributed by atoms with E-state index < -0.39 is 0 Å². The third-order valence-electron chi connectivity index (χ3n) is 1.54. The first-order valence-electron chi connectivity index (χ1n) is 6.07. The van der Waals surface area contributed by atoms with Crippen LogP contribution in [0.4, 0.5) is 0 Å². The number of methoxy groups -OCH3 is 4. The molecule has 1 rings (SSSR count). The van der Waals surface area contributed by atoms with Gasteiger partial charge in [-0.25, -0.2) is 0 Å². The van der Waals surface area contributed by atoms with Crippen LogP contribution in [0.3, 0.4) is 0 Å². The molecule has 0 bridgehead atoms. The molecular formula is C16H25CrNaO7. The van der Waals surface area contributed by atoms with Crippen LogP contribution in [0.25, 0.3) is 0 Å². The zero-order chi connectivity index (χ0) is 19.2. The summed E-state index contributed by atoms with van der Waals surface area (Å²) < 4.78 is 41.1. The molecule has 7 nitrogen and oxygen atoms in total. The minimum Gasteiger partial charge on any atom is -0.0767 e. The van der Waals surface area contributed by atoms with E-state index in [4.69, 9.17) is 14.0 Å². The maximum absolute atomic E-state index is 7.50. The SMILES string of the molecule is COCCOC.COCCOC.[C-]#[O+].[C-]#[O+].[C-]#[O+].[CH]1C=CC=C1.[Cr].[Na]. The van der Waals surface area contributed by atoms with Crippen LogP contribution in [0, 0.1) is 26.4 Å². The summed E-state index contributed by atoms with van der Waals surface area (Å²) in [5.74, 6) is 0. The molecule has 0 aromatic rings. The standard InChI is InChI=1S/C5H5.2C4H10O2.3CO.Cr.Na/c1-2-4-5-3-1;2*1-5-3-4-6-2;3*1-2;;/h1-5H;2*3-4H2,1-2H3;;;;;. The van der Waals surface area contributed by atoms with Crippen molar-refractivity contribution in [2.45, 2.75) is 0 Å². The van der Waals surface area contributed by atoms with Crippen molar-refractivity contribution < 1.29 is 50.3 Å². The number of allylic oxidation sites excluding steroid dienone is 4. The van der Waals surface area contributed by atoms with Gasteiger partial charge in [-0.1, -0.05) is 24.3 Å². The van der Waals surface area contributed by atoms with Crippen molar-refractivity contribution in [2.24, 2.45) is 0 Å². The molecular weight excluding hydrogens is 379 g/mol. The van der Waals surface area contributed by atoms with Gasteiger partial charge in [0.15, 0.2) is 0 Å². The van der Waals surface area contributed by atoms with E-state index in [-0.39, 0.29) is 46.9 Å². The monoisotopic (exact) mass is 404 g/mol. The molecule has 1 aliphatic rings. The molecule has 0 saturated carbocycles. The molecule has 2 radical (unpaired) electrons. The molecule has 0 atom stereocenters. The van der Waals surface area contributed by atoms with Crippen LogP contribution in [-0.2, 0) is 50.3 Å². The molecule has 0 amide bonds. The number of ether oxygens (including phenoxy) is 4. The Labute approximate surface area is 184 Å². The first-order chi connectivity index (χ1) is 11.3. The third-order valence-corrected chi connectivity index (χ3v) is 1.54. The smallest absolute Gasteiger partial charge is 0.00506 e. The van der Waals surface area contributed by atoms with Gasteiger partial charge in [0.2, 0.25) is 0 Å². The van der Waals surface area contributed by atoms with Crippen molar-refractivity contribution in [2.75, 3.05) is 54.9 Å². The quantitative estimate of drug-likeness (QED) is 0.289.